The molecule has 0 aromatic carbocycles. The number of hydrogen-bond acceptors (Lipinski definition) is 6. The molecule has 0 aliphatic heterocycles. The molecule has 1 heterocycles. The number of ether oxygens (including phenoxy) is 1. The standard InChI is InChI=1S/C10H12N2O6/c1-6-2-12(10(17)11-9(6)16)8(5-15)18-7(3-13)4-14/h2-3,5,7-8,14H,4H2,1H3,(H,11,16,17)/t7-,8+/m1/s1. The zero-order valence-corrected chi connectivity index (χ0v) is 9.53. The minimum atomic E-state index is -1.39. The van der Waals surface area contributed by atoms with E-state index in [0.717, 1.165) is 10.8 Å². The zero-order chi connectivity index (χ0) is 13.7. The molecule has 0 fully saturated rings. The molecule has 8 heteroatoms. The summed E-state index contributed by atoms with van der Waals surface area (Å²) in [6, 6.07) is 0. The van der Waals surface area contributed by atoms with Crippen LogP contribution in [0.15, 0.2) is 15.8 Å². The summed E-state index contributed by atoms with van der Waals surface area (Å²) in [6.45, 7) is 0.824. The maximum absolute atomic E-state index is 11.5. The Morgan fingerprint density at radius 3 is 2.61 bits per heavy atom. The van der Waals surface area contributed by atoms with Gasteiger partial charge in [-0.1, -0.05) is 0 Å². The molecule has 98 valence electrons. The first-order valence-corrected chi connectivity index (χ1v) is 5.02. The number of carbonyl (C=O) groups is 2. The van der Waals surface area contributed by atoms with E-state index >= 15 is 0 Å². The van der Waals surface area contributed by atoms with Gasteiger partial charge in [0.25, 0.3) is 5.56 Å². The van der Waals surface area contributed by atoms with E-state index in [1.54, 1.807) is 0 Å². The van der Waals surface area contributed by atoms with Crippen molar-refractivity contribution in [2.75, 3.05) is 6.61 Å². The molecule has 0 aliphatic carbocycles. The Hall–Kier alpha value is -2.06. The summed E-state index contributed by atoms with van der Waals surface area (Å²) in [4.78, 5) is 45.9. The molecule has 2 atom stereocenters. The van der Waals surface area contributed by atoms with Gasteiger partial charge in [-0.05, 0) is 6.92 Å². The molecule has 0 unspecified atom stereocenters. The van der Waals surface area contributed by atoms with Crippen LogP contribution in [0, 0.1) is 6.92 Å². The van der Waals surface area contributed by atoms with E-state index in [4.69, 9.17) is 9.84 Å². The quantitative estimate of drug-likeness (QED) is 0.575. The maximum atomic E-state index is 11.5. The number of hydrogen-bond donors (Lipinski definition) is 2. The summed E-state index contributed by atoms with van der Waals surface area (Å²) >= 11 is 0. The van der Waals surface area contributed by atoms with Gasteiger partial charge in [-0.25, -0.2) is 4.79 Å². The van der Waals surface area contributed by atoms with Crippen molar-refractivity contribution in [2.24, 2.45) is 0 Å². The average molecular weight is 256 g/mol. The third-order valence-corrected chi connectivity index (χ3v) is 2.18. The molecule has 2 N–H and O–H groups in total. The van der Waals surface area contributed by atoms with Crippen molar-refractivity contribution < 1.29 is 19.4 Å². The molecule has 0 radical (unpaired) electrons. The van der Waals surface area contributed by atoms with Crippen LogP contribution < -0.4 is 11.2 Å². The van der Waals surface area contributed by atoms with Crippen molar-refractivity contribution in [3.05, 3.63) is 32.6 Å². The van der Waals surface area contributed by atoms with Crippen molar-refractivity contribution in [3.8, 4) is 0 Å². The Balaban J connectivity index is 3.13. The number of H-pyrrole nitrogens is 1. The number of rotatable bonds is 6. The lowest BCUT2D eigenvalue weighted by Gasteiger charge is -2.17. The Bertz CT molecular complexity index is 546. The molecule has 1 rings (SSSR count). The smallest absolute Gasteiger partial charge is 0.330 e. The number of nitrogens with zero attached hydrogens (tertiary/aromatic N) is 1. The first kappa shape index (κ1) is 14.0. The molecule has 0 spiro atoms. The second-order valence-corrected chi connectivity index (χ2v) is 3.50. The van der Waals surface area contributed by atoms with Gasteiger partial charge < -0.3 is 14.6 Å². The highest BCUT2D eigenvalue weighted by atomic mass is 16.5. The number of aldehydes is 2. The predicted octanol–water partition coefficient (Wildman–Crippen LogP) is -1.88. The molecule has 0 amide bonds. The molecule has 0 saturated heterocycles. The SMILES string of the molecule is Cc1cn([C@H](C=O)O[C@H](C=O)CO)c(=O)[nH]c1=O. The first-order chi connectivity index (χ1) is 8.53. The molecule has 18 heavy (non-hydrogen) atoms. The number of aromatic amines is 1. The van der Waals surface area contributed by atoms with Crippen LogP contribution in [0.25, 0.3) is 0 Å². The molecule has 0 bridgehead atoms. The first-order valence-electron chi connectivity index (χ1n) is 5.02. The van der Waals surface area contributed by atoms with E-state index in [2.05, 4.69) is 0 Å². The second-order valence-electron chi connectivity index (χ2n) is 3.50. The molecule has 8 nitrogen and oxygen atoms in total. The lowest BCUT2D eigenvalue weighted by molar-refractivity contribution is -0.140. The third-order valence-electron chi connectivity index (χ3n) is 2.18. The van der Waals surface area contributed by atoms with Crippen molar-refractivity contribution in [1.82, 2.24) is 9.55 Å². The zero-order valence-electron chi connectivity index (χ0n) is 9.53. The van der Waals surface area contributed by atoms with E-state index < -0.39 is 30.2 Å². The number of nitrogens with one attached hydrogen (secondary N) is 1. The van der Waals surface area contributed by atoms with Gasteiger partial charge in [0.05, 0.1) is 6.61 Å². The number of aryl methyl sites for hydroxylation is 1. The maximum Gasteiger partial charge on any atom is 0.330 e. The number of aromatic nitrogens is 2. The summed E-state index contributed by atoms with van der Waals surface area (Å²) in [6.07, 6.45) is -0.889. The van der Waals surface area contributed by atoms with Gasteiger partial charge >= 0.3 is 5.69 Å². The normalized spacial score (nSPS) is 13.9. The monoisotopic (exact) mass is 256 g/mol. The largest absolute Gasteiger partial charge is 0.393 e. The Kier molecular flexibility index (Phi) is 4.69. The van der Waals surface area contributed by atoms with Gasteiger partial charge in [0.2, 0.25) is 0 Å². The Morgan fingerprint density at radius 1 is 1.44 bits per heavy atom. The molecular weight excluding hydrogens is 244 g/mol. The van der Waals surface area contributed by atoms with Gasteiger partial charge in [-0.2, -0.15) is 0 Å². The fourth-order valence-corrected chi connectivity index (χ4v) is 1.24. The van der Waals surface area contributed by atoms with Crippen molar-refractivity contribution in [2.45, 2.75) is 19.3 Å². The highest BCUT2D eigenvalue weighted by Gasteiger charge is 2.18. The third kappa shape index (κ3) is 2.99. The van der Waals surface area contributed by atoms with Crippen LogP contribution in [0.3, 0.4) is 0 Å². The topological polar surface area (TPSA) is 118 Å². The van der Waals surface area contributed by atoms with E-state index in [-0.39, 0.29) is 11.8 Å². The van der Waals surface area contributed by atoms with Gasteiger partial charge in [0, 0.05) is 11.8 Å². The molecule has 0 saturated carbocycles. The van der Waals surface area contributed by atoms with Crippen molar-refractivity contribution in [1.29, 1.82) is 0 Å². The van der Waals surface area contributed by atoms with Gasteiger partial charge in [-0.15, -0.1) is 0 Å². The van der Waals surface area contributed by atoms with Crippen LogP contribution in [0.4, 0.5) is 0 Å². The van der Waals surface area contributed by atoms with Gasteiger partial charge in [0.1, 0.15) is 6.10 Å². The van der Waals surface area contributed by atoms with Crippen LogP contribution in [0.5, 0.6) is 0 Å². The van der Waals surface area contributed by atoms with Crippen molar-refractivity contribution >= 4 is 12.6 Å². The minimum absolute atomic E-state index is 0.205. The molecular formula is C10H12N2O6. The van der Waals surface area contributed by atoms with Crippen LogP contribution in [-0.2, 0) is 14.3 Å². The fourth-order valence-electron chi connectivity index (χ4n) is 1.24. The number of aliphatic hydroxyl groups excluding tert-OH is 1. The highest BCUT2D eigenvalue weighted by molar-refractivity contribution is 5.58. The second kappa shape index (κ2) is 6.03. The lowest BCUT2D eigenvalue weighted by Crippen LogP contribution is -2.37. The highest BCUT2D eigenvalue weighted by Crippen LogP contribution is 2.05. The summed E-state index contributed by atoms with van der Waals surface area (Å²) in [5, 5.41) is 8.77. The van der Waals surface area contributed by atoms with Gasteiger partial charge in [0.15, 0.2) is 18.8 Å². The minimum Gasteiger partial charge on any atom is -0.393 e. The summed E-state index contributed by atoms with van der Waals surface area (Å²) < 4.78 is 5.74. The average Bonchev–Trinajstić information content (AvgIpc) is 2.36. The fraction of sp³-hybridized carbons (Fsp3) is 0.400. The summed E-state index contributed by atoms with van der Waals surface area (Å²) in [7, 11) is 0. The number of aliphatic hydroxyl groups is 1. The van der Waals surface area contributed by atoms with Crippen LogP contribution in [0.1, 0.15) is 11.8 Å². The van der Waals surface area contributed by atoms with Gasteiger partial charge in [-0.3, -0.25) is 19.1 Å². The Labute approximate surface area is 101 Å². The van der Waals surface area contributed by atoms with E-state index in [0.29, 0.717) is 6.29 Å². The van der Waals surface area contributed by atoms with E-state index in [1.807, 2.05) is 4.98 Å². The summed E-state index contributed by atoms with van der Waals surface area (Å²) in [5.41, 5.74) is -1.21. The summed E-state index contributed by atoms with van der Waals surface area (Å²) in [5.74, 6) is 0. The molecule has 1 aromatic heterocycles. The van der Waals surface area contributed by atoms with Crippen LogP contribution >= 0.6 is 0 Å². The van der Waals surface area contributed by atoms with Crippen molar-refractivity contribution in [3.63, 3.8) is 0 Å². The van der Waals surface area contributed by atoms with E-state index in [1.165, 1.54) is 6.92 Å². The number of carbonyl (C=O) groups excluding carboxylic acids is 2. The lowest BCUT2D eigenvalue weighted by atomic mass is 10.4. The van der Waals surface area contributed by atoms with Crippen LogP contribution in [0.2, 0.25) is 0 Å². The predicted molar refractivity (Wildman–Crippen MR) is 59.2 cm³/mol. The van der Waals surface area contributed by atoms with E-state index in [9.17, 15) is 19.2 Å². The Morgan fingerprint density at radius 2 is 2.11 bits per heavy atom. The molecule has 0 aliphatic rings. The van der Waals surface area contributed by atoms with Crippen LogP contribution in [-0.4, -0.2) is 39.9 Å². The molecule has 1 aromatic rings.